The van der Waals surface area contributed by atoms with Crippen LogP contribution in [0.5, 0.6) is 5.75 Å². The first-order valence-corrected chi connectivity index (χ1v) is 23.4. The van der Waals surface area contributed by atoms with Crippen molar-refractivity contribution in [3.8, 4) is 29.9 Å². The molecule has 1 fully saturated rings. The molecule has 3 atom stereocenters. The fourth-order valence-electron chi connectivity index (χ4n) is 8.82. The van der Waals surface area contributed by atoms with Gasteiger partial charge in [-0.15, -0.1) is 6.42 Å². The molecule has 328 valence electrons. The van der Waals surface area contributed by atoms with Crippen molar-refractivity contribution in [2.75, 3.05) is 0 Å². The number of phenols is 1. The highest BCUT2D eigenvalue weighted by Gasteiger charge is 2.36. The van der Waals surface area contributed by atoms with Crippen LogP contribution in [0.15, 0.2) is 71.3 Å². The summed E-state index contributed by atoms with van der Waals surface area (Å²) in [6.45, 7) is 33.9. The lowest BCUT2D eigenvalue weighted by Crippen LogP contribution is -2.35. The van der Waals surface area contributed by atoms with Crippen LogP contribution in [0.1, 0.15) is 178 Å². The minimum Gasteiger partial charge on any atom is -0.507 e. The fourth-order valence-corrected chi connectivity index (χ4v) is 9.49. The standard InChI is InChI=1S/C57H69IO4/c1-18-37-26-39(27-38(35(37)5)21-20-36-24-42(28-43(58)25-36)53(61)62-49-23-34(4)19-22-44(49)33(2)3)50(40-29-45(54(6,7)8)51(59)46(30-40)55(9,10)11)41-31-47(56(12,13)14)52(60)48(32-41)57(15,16)17/h1,24-34,44,49,59H,19,22-23H2,2-17H3/t34-,44-,49+/m1/s1. The number of terminal acetylenes is 1. The lowest BCUT2D eigenvalue weighted by atomic mass is 9.70. The SMILES string of the molecule is C#Cc1cc(C(=C2C=C(C(C)(C)C)C(=O)C(C(C)(C)C)=C2)c2cc(C(C)(C)C)c(O)c(C(C)(C)C)c2)cc(C#Cc2cc(I)cc(C(=O)O[C@H]3C[C@H](C)CC[C@@H]3C(C)C)c2)c1C. The van der Waals surface area contributed by atoms with E-state index in [0.717, 1.165) is 78.5 Å². The Bertz CT molecular complexity index is 2400. The molecule has 0 aliphatic heterocycles. The molecule has 5 rings (SSSR count). The molecule has 0 saturated heterocycles. The number of Topliss-reactive ketones (excluding diaryl/α,β-unsaturated/α-hetero) is 1. The van der Waals surface area contributed by atoms with Crippen molar-refractivity contribution < 1.29 is 19.4 Å². The fraction of sp³-hybridized carbons (Fsp3) is 0.474. The molecule has 0 spiro atoms. The molecule has 2 aliphatic rings. The van der Waals surface area contributed by atoms with Crippen molar-refractivity contribution in [1.29, 1.82) is 0 Å². The Morgan fingerprint density at radius 3 is 1.79 bits per heavy atom. The van der Waals surface area contributed by atoms with Gasteiger partial charge in [0.05, 0.1) is 5.56 Å². The first-order valence-electron chi connectivity index (χ1n) is 22.3. The van der Waals surface area contributed by atoms with Crippen LogP contribution in [0.4, 0.5) is 0 Å². The second-order valence-corrected chi connectivity index (χ2v) is 23.5. The highest BCUT2D eigenvalue weighted by molar-refractivity contribution is 14.1. The summed E-state index contributed by atoms with van der Waals surface area (Å²) in [4.78, 5) is 28.0. The van der Waals surface area contributed by atoms with Crippen molar-refractivity contribution in [3.63, 3.8) is 0 Å². The molecule has 0 amide bonds. The maximum atomic E-state index is 14.3. The van der Waals surface area contributed by atoms with Gasteiger partial charge in [0, 0.05) is 42.5 Å². The molecule has 0 radical (unpaired) electrons. The van der Waals surface area contributed by atoms with Crippen LogP contribution in [0.3, 0.4) is 0 Å². The summed E-state index contributed by atoms with van der Waals surface area (Å²) in [6, 6.07) is 14.0. The summed E-state index contributed by atoms with van der Waals surface area (Å²) in [5.41, 5.74) is 8.59. The molecule has 2 aliphatic carbocycles. The molecule has 0 unspecified atom stereocenters. The van der Waals surface area contributed by atoms with Gasteiger partial charge in [-0.2, -0.15) is 0 Å². The highest BCUT2D eigenvalue weighted by Crippen LogP contribution is 2.46. The molecule has 62 heavy (non-hydrogen) atoms. The van der Waals surface area contributed by atoms with E-state index in [1.165, 1.54) is 0 Å². The average molecular weight is 945 g/mol. The number of hydrogen-bond acceptors (Lipinski definition) is 4. The zero-order valence-electron chi connectivity index (χ0n) is 40.3. The van der Waals surface area contributed by atoms with Crippen LogP contribution in [0, 0.1) is 63.3 Å². The smallest absolute Gasteiger partial charge is 0.338 e. The van der Waals surface area contributed by atoms with Gasteiger partial charge < -0.3 is 9.84 Å². The molecule has 0 aromatic heterocycles. The third-order valence-corrected chi connectivity index (χ3v) is 13.2. The molecule has 3 aromatic carbocycles. The number of carbonyl (C=O) groups excluding carboxylic acids is 2. The summed E-state index contributed by atoms with van der Waals surface area (Å²) >= 11 is 2.24. The topological polar surface area (TPSA) is 63.6 Å². The number of hydrogen-bond donors (Lipinski definition) is 1. The minimum atomic E-state index is -0.433. The van der Waals surface area contributed by atoms with Gasteiger partial charge in [-0.1, -0.05) is 128 Å². The maximum Gasteiger partial charge on any atom is 0.338 e. The number of carbonyl (C=O) groups is 2. The van der Waals surface area contributed by atoms with Gasteiger partial charge in [-0.3, -0.25) is 4.79 Å². The van der Waals surface area contributed by atoms with Gasteiger partial charge in [0.15, 0.2) is 5.78 Å². The van der Waals surface area contributed by atoms with E-state index in [0.29, 0.717) is 40.2 Å². The van der Waals surface area contributed by atoms with Crippen molar-refractivity contribution in [2.45, 2.75) is 147 Å². The van der Waals surface area contributed by atoms with Gasteiger partial charge in [-0.25, -0.2) is 4.79 Å². The second kappa shape index (κ2) is 18.0. The number of halogens is 1. The van der Waals surface area contributed by atoms with Crippen molar-refractivity contribution in [3.05, 3.63) is 125 Å². The lowest BCUT2D eigenvalue weighted by molar-refractivity contribution is -0.114. The normalized spacial score (nSPS) is 18.7. The number of aromatic hydroxyl groups is 1. The van der Waals surface area contributed by atoms with E-state index in [-0.39, 0.29) is 28.7 Å². The molecule has 4 nitrogen and oxygen atoms in total. The van der Waals surface area contributed by atoms with E-state index in [2.05, 4.69) is 175 Å². The van der Waals surface area contributed by atoms with Gasteiger partial charge >= 0.3 is 5.97 Å². The summed E-state index contributed by atoms with van der Waals surface area (Å²) < 4.78 is 7.15. The zero-order valence-corrected chi connectivity index (χ0v) is 42.4. The Balaban J connectivity index is 1.78. The lowest BCUT2D eigenvalue weighted by Gasteiger charge is -2.36. The zero-order chi connectivity index (χ0) is 46.4. The van der Waals surface area contributed by atoms with Gasteiger partial charge in [0.2, 0.25) is 0 Å². The number of benzene rings is 3. The number of rotatable bonds is 5. The molecule has 0 bridgehead atoms. The van der Waals surface area contributed by atoms with E-state index in [4.69, 9.17) is 11.2 Å². The largest absolute Gasteiger partial charge is 0.507 e. The van der Waals surface area contributed by atoms with Crippen LogP contribution in [-0.4, -0.2) is 23.0 Å². The highest BCUT2D eigenvalue weighted by atomic mass is 127. The number of ether oxygens (including phenoxy) is 1. The van der Waals surface area contributed by atoms with E-state index in [1.807, 2.05) is 31.2 Å². The van der Waals surface area contributed by atoms with E-state index < -0.39 is 10.8 Å². The van der Waals surface area contributed by atoms with Crippen LogP contribution < -0.4 is 0 Å². The van der Waals surface area contributed by atoms with E-state index in [1.54, 1.807) is 0 Å². The van der Waals surface area contributed by atoms with Gasteiger partial charge in [0.25, 0.3) is 0 Å². The molecule has 1 N–H and O–H groups in total. The number of allylic oxidation sites excluding steroid dienone is 5. The number of phenolic OH excluding ortho intramolecular Hbond substituents is 1. The van der Waals surface area contributed by atoms with Gasteiger partial charge in [0.1, 0.15) is 11.9 Å². The first kappa shape index (κ1) is 48.7. The molecular formula is C57H69IO4. The maximum absolute atomic E-state index is 14.3. The Morgan fingerprint density at radius 1 is 0.758 bits per heavy atom. The molecule has 1 saturated carbocycles. The summed E-state index contributed by atoms with van der Waals surface area (Å²) in [6.07, 6.45) is 13.4. The Hall–Kier alpha value is -4.33. The Kier molecular flexibility index (Phi) is 14.2. The third kappa shape index (κ3) is 10.9. The molecule has 0 heterocycles. The monoisotopic (exact) mass is 944 g/mol. The van der Waals surface area contributed by atoms with Crippen molar-refractivity contribution in [1.82, 2.24) is 0 Å². The molecule has 5 heteroatoms. The molecular weight excluding hydrogens is 876 g/mol. The van der Waals surface area contributed by atoms with Crippen molar-refractivity contribution >= 4 is 39.9 Å². The second-order valence-electron chi connectivity index (χ2n) is 22.3. The van der Waals surface area contributed by atoms with E-state index >= 15 is 0 Å². The minimum absolute atomic E-state index is 0.0538. The summed E-state index contributed by atoms with van der Waals surface area (Å²) in [7, 11) is 0. The summed E-state index contributed by atoms with van der Waals surface area (Å²) in [5.74, 6) is 11.1. The Labute approximate surface area is 387 Å². The number of ketones is 1. The molecule has 3 aromatic rings. The predicted octanol–water partition coefficient (Wildman–Crippen LogP) is 14.2. The average Bonchev–Trinajstić information content (AvgIpc) is 3.13. The summed E-state index contributed by atoms with van der Waals surface area (Å²) in [5, 5.41) is 11.9. The van der Waals surface area contributed by atoms with Crippen LogP contribution in [-0.2, 0) is 20.4 Å². The van der Waals surface area contributed by atoms with E-state index in [9.17, 15) is 14.7 Å². The third-order valence-electron chi connectivity index (χ3n) is 12.6. The van der Waals surface area contributed by atoms with Gasteiger partial charge in [-0.05, 0) is 164 Å². The van der Waals surface area contributed by atoms with Crippen LogP contribution in [0.2, 0.25) is 0 Å². The predicted molar refractivity (Wildman–Crippen MR) is 266 cm³/mol. The quantitative estimate of drug-likeness (QED) is 0.157. The van der Waals surface area contributed by atoms with Crippen LogP contribution >= 0.6 is 22.6 Å². The first-order chi connectivity index (χ1) is 28.5. The number of esters is 1. The van der Waals surface area contributed by atoms with Crippen molar-refractivity contribution in [2.24, 2.45) is 28.6 Å². The van der Waals surface area contributed by atoms with Crippen LogP contribution in [0.25, 0.3) is 5.57 Å². The Morgan fingerprint density at radius 2 is 1.29 bits per heavy atom.